The van der Waals surface area contributed by atoms with Crippen LogP contribution in [0.1, 0.15) is 23.4 Å². The lowest BCUT2D eigenvalue weighted by Crippen LogP contribution is -2.27. The van der Waals surface area contributed by atoms with E-state index in [-0.39, 0.29) is 11.9 Å². The molecule has 0 saturated heterocycles. The number of thiophene rings is 1. The fourth-order valence-corrected chi connectivity index (χ4v) is 2.56. The molecule has 1 amide bonds. The third-order valence-corrected chi connectivity index (χ3v) is 3.93. The molecule has 4 heteroatoms. The molecule has 1 unspecified atom stereocenters. The monoisotopic (exact) mass is 275 g/mol. The van der Waals surface area contributed by atoms with E-state index in [1.807, 2.05) is 48.7 Å². The van der Waals surface area contributed by atoms with Crippen molar-refractivity contribution in [2.24, 2.45) is 0 Å². The molecule has 0 aliphatic rings. The van der Waals surface area contributed by atoms with Crippen LogP contribution in [0.4, 0.5) is 0 Å². The zero-order chi connectivity index (χ0) is 13.7. The molecule has 2 aromatic rings. The number of nitrogens with one attached hydrogen (secondary N) is 1. The number of hydrogen-bond acceptors (Lipinski definition) is 3. The Labute approximate surface area is 117 Å². The molecule has 2 rings (SSSR count). The summed E-state index contributed by atoms with van der Waals surface area (Å²) in [6.45, 7) is 2.00. The minimum Gasteiger partial charge on any atom is -0.497 e. The fraction of sp³-hybridized carbons (Fsp3) is 0.267. The average Bonchev–Trinajstić information content (AvgIpc) is 2.93. The minimum atomic E-state index is 0.0334. The average molecular weight is 275 g/mol. The maximum Gasteiger partial charge on any atom is 0.224 e. The van der Waals surface area contributed by atoms with Crippen molar-refractivity contribution in [2.45, 2.75) is 19.4 Å². The highest BCUT2D eigenvalue weighted by atomic mass is 32.1. The summed E-state index contributed by atoms with van der Waals surface area (Å²) in [6.07, 6.45) is 0.389. The molecule has 1 N–H and O–H groups in total. The van der Waals surface area contributed by atoms with Gasteiger partial charge < -0.3 is 10.1 Å². The van der Waals surface area contributed by atoms with Crippen LogP contribution in [0, 0.1) is 0 Å². The summed E-state index contributed by atoms with van der Waals surface area (Å²) in [5.41, 5.74) is 0.983. The van der Waals surface area contributed by atoms with Gasteiger partial charge in [-0.25, -0.2) is 0 Å². The number of benzene rings is 1. The Morgan fingerprint density at radius 1 is 1.32 bits per heavy atom. The molecular weight excluding hydrogens is 258 g/mol. The maximum atomic E-state index is 11.9. The van der Waals surface area contributed by atoms with E-state index < -0.39 is 0 Å². The van der Waals surface area contributed by atoms with Gasteiger partial charge in [0.2, 0.25) is 5.91 Å². The van der Waals surface area contributed by atoms with Crippen molar-refractivity contribution in [2.75, 3.05) is 7.11 Å². The second-order valence-electron chi connectivity index (χ2n) is 4.33. The van der Waals surface area contributed by atoms with E-state index in [0.29, 0.717) is 6.42 Å². The van der Waals surface area contributed by atoms with Gasteiger partial charge in [0.25, 0.3) is 0 Å². The van der Waals surface area contributed by atoms with Crippen LogP contribution in [-0.2, 0) is 11.2 Å². The standard InChI is InChI=1S/C15H17NO2S/c1-11(14-4-3-9-19-14)16-15(17)10-12-5-7-13(18-2)8-6-12/h3-9,11H,10H2,1-2H3,(H,16,17). The Balaban J connectivity index is 1.90. The molecule has 3 nitrogen and oxygen atoms in total. The Kier molecular flexibility index (Phi) is 4.58. The second kappa shape index (κ2) is 6.38. The molecular formula is C15H17NO2S. The Hall–Kier alpha value is -1.81. The Bertz CT molecular complexity index is 520. The van der Waals surface area contributed by atoms with E-state index in [4.69, 9.17) is 4.74 Å². The number of amides is 1. The molecule has 1 aromatic heterocycles. The molecule has 0 aliphatic heterocycles. The Morgan fingerprint density at radius 3 is 2.63 bits per heavy atom. The number of methoxy groups -OCH3 is 1. The van der Waals surface area contributed by atoms with Gasteiger partial charge in [-0.05, 0) is 36.1 Å². The first-order valence-electron chi connectivity index (χ1n) is 6.14. The molecule has 0 spiro atoms. The quantitative estimate of drug-likeness (QED) is 0.910. The first-order chi connectivity index (χ1) is 9.19. The van der Waals surface area contributed by atoms with Gasteiger partial charge in [0.15, 0.2) is 0 Å². The van der Waals surface area contributed by atoms with Crippen molar-refractivity contribution in [1.29, 1.82) is 0 Å². The van der Waals surface area contributed by atoms with Crippen LogP contribution in [0.25, 0.3) is 0 Å². The molecule has 0 saturated carbocycles. The highest BCUT2D eigenvalue weighted by Crippen LogP contribution is 2.18. The van der Waals surface area contributed by atoms with Crippen LogP contribution in [0.3, 0.4) is 0 Å². The number of rotatable bonds is 5. The summed E-state index contributed by atoms with van der Waals surface area (Å²) in [5, 5.41) is 5.01. The summed E-state index contributed by atoms with van der Waals surface area (Å²) in [7, 11) is 1.63. The normalized spacial score (nSPS) is 11.9. The summed E-state index contributed by atoms with van der Waals surface area (Å²) < 4.78 is 5.09. The van der Waals surface area contributed by atoms with Gasteiger partial charge in [0, 0.05) is 4.88 Å². The van der Waals surface area contributed by atoms with E-state index >= 15 is 0 Å². The van der Waals surface area contributed by atoms with Crippen molar-refractivity contribution >= 4 is 17.2 Å². The molecule has 0 fully saturated rings. The van der Waals surface area contributed by atoms with E-state index in [2.05, 4.69) is 5.32 Å². The highest BCUT2D eigenvalue weighted by Gasteiger charge is 2.10. The van der Waals surface area contributed by atoms with Crippen molar-refractivity contribution in [3.05, 3.63) is 52.2 Å². The first-order valence-corrected chi connectivity index (χ1v) is 7.02. The smallest absolute Gasteiger partial charge is 0.224 e. The summed E-state index contributed by atoms with van der Waals surface area (Å²) in [5.74, 6) is 0.835. The summed E-state index contributed by atoms with van der Waals surface area (Å²) in [4.78, 5) is 13.1. The SMILES string of the molecule is COc1ccc(CC(=O)NC(C)c2cccs2)cc1. The van der Waals surface area contributed by atoms with E-state index in [1.54, 1.807) is 18.4 Å². The molecule has 0 bridgehead atoms. The molecule has 100 valence electrons. The van der Waals surface area contributed by atoms with Crippen LogP contribution < -0.4 is 10.1 Å². The number of ether oxygens (including phenoxy) is 1. The van der Waals surface area contributed by atoms with Crippen LogP contribution in [0.15, 0.2) is 41.8 Å². The lowest BCUT2D eigenvalue weighted by atomic mass is 10.1. The zero-order valence-corrected chi connectivity index (χ0v) is 11.9. The largest absolute Gasteiger partial charge is 0.497 e. The fourth-order valence-electron chi connectivity index (χ4n) is 1.83. The van der Waals surface area contributed by atoms with Crippen LogP contribution in [0.5, 0.6) is 5.75 Å². The maximum absolute atomic E-state index is 11.9. The lowest BCUT2D eigenvalue weighted by Gasteiger charge is -2.12. The highest BCUT2D eigenvalue weighted by molar-refractivity contribution is 7.10. The third-order valence-electron chi connectivity index (χ3n) is 2.87. The predicted octanol–water partition coefficient (Wildman–Crippen LogP) is 3.18. The van der Waals surface area contributed by atoms with Crippen molar-refractivity contribution < 1.29 is 9.53 Å². The van der Waals surface area contributed by atoms with Crippen molar-refractivity contribution in [3.8, 4) is 5.75 Å². The number of hydrogen-bond donors (Lipinski definition) is 1. The van der Waals surface area contributed by atoms with Gasteiger partial charge in [0.1, 0.15) is 5.75 Å². The van der Waals surface area contributed by atoms with Crippen molar-refractivity contribution in [1.82, 2.24) is 5.32 Å². The van der Waals surface area contributed by atoms with Gasteiger partial charge in [-0.3, -0.25) is 4.79 Å². The molecule has 1 atom stereocenters. The molecule has 1 heterocycles. The Morgan fingerprint density at radius 2 is 2.05 bits per heavy atom. The molecule has 1 aromatic carbocycles. The van der Waals surface area contributed by atoms with Crippen molar-refractivity contribution in [3.63, 3.8) is 0 Å². The molecule has 0 radical (unpaired) electrons. The van der Waals surface area contributed by atoms with Gasteiger partial charge in [-0.15, -0.1) is 11.3 Å². The number of carbonyl (C=O) groups is 1. The van der Waals surface area contributed by atoms with Crippen LogP contribution in [0.2, 0.25) is 0 Å². The van der Waals surface area contributed by atoms with Gasteiger partial charge in [-0.2, -0.15) is 0 Å². The van der Waals surface area contributed by atoms with Gasteiger partial charge >= 0.3 is 0 Å². The lowest BCUT2D eigenvalue weighted by molar-refractivity contribution is -0.121. The van der Waals surface area contributed by atoms with E-state index in [9.17, 15) is 4.79 Å². The zero-order valence-electron chi connectivity index (χ0n) is 11.1. The van der Waals surface area contributed by atoms with Crippen LogP contribution >= 0.6 is 11.3 Å². The molecule has 19 heavy (non-hydrogen) atoms. The predicted molar refractivity (Wildman–Crippen MR) is 77.6 cm³/mol. The summed E-state index contributed by atoms with van der Waals surface area (Å²) >= 11 is 1.65. The first kappa shape index (κ1) is 13.6. The van der Waals surface area contributed by atoms with Gasteiger partial charge in [0.05, 0.1) is 19.6 Å². The molecule has 0 aliphatic carbocycles. The number of carbonyl (C=O) groups excluding carboxylic acids is 1. The van der Waals surface area contributed by atoms with E-state index in [0.717, 1.165) is 11.3 Å². The topological polar surface area (TPSA) is 38.3 Å². The van der Waals surface area contributed by atoms with Gasteiger partial charge in [-0.1, -0.05) is 18.2 Å². The van der Waals surface area contributed by atoms with E-state index in [1.165, 1.54) is 4.88 Å². The minimum absolute atomic E-state index is 0.0334. The second-order valence-corrected chi connectivity index (χ2v) is 5.31. The third kappa shape index (κ3) is 3.83. The summed E-state index contributed by atoms with van der Waals surface area (Å²) in [6, 6.07) is 11.6. The van der Waals surface area contributed by atoms with Crippen LogP contribution in [-0.4, -0.2) is 13.0 Å².